The molecule has 0 aromatic carbocycles. The molecule has 1 aliphatic rings. The maximum absolute atomic E-state index is 12.5. The van der Waals surface area contributed by atoms with Crippen LogP contribution in [0.25, 0.3) is 0 Å². The van der Waals surface area contributed by atoms with Crippen LogP contribution in [0.4, 0.5) is 5.82 Å². The van der Waals surface area contributed by atoms with Crippen molar-refractivity contribution >= 4 is 15.7 Å². The summed E-state index contributed by atoms with van der Waals surface area (Å²) in [5, 5.41) is 8.78. The third-order valence-electron chi connectivity index (χ3n) is 3.46. The number of nitrogens with zero attached hydrogens (tertiary/aromatic N) is 3. The molecule has 1 aromatic heterocycles. The highest BCUT2D eigenvalue weighted by molar-refractivity contribution is 7.92. The predicted octanol–water partition coefficient (Wildman–Crippen LogP) is 1.74. The zero-order valence-electron chi connectivity index (χ0n) is 11.1. The molecule has 0 atom stereocenters. The van der Waals surface area contributed by atoms with E-state index >= 15 is 0 Å². The molecule has 0 radical (unpaired) electrons. The molecule has 0 spiro atoms. The lowest BCUT2D eigenvalue weighted by atomic mass is 10.3. The Hall–Kier alpha value is -1.61. The number of hydrogen-bond donors (Lipinski definition) is 0. The summed E-state index contributed by atoms with van der Waals surface area (Å²) < 4.78 is 25.0. The maximum atomic E-state index is 12.5. The van der Waals surface area contributed by atoms with Crippen molar-refractivity contribution in [2.75, 3.05) is 19.0 Å². The largest absolute Gasteiger partial charge is 0.363 e. The van der Waals surface area contributed by atoms with Gasteiger partial charge >= 0.3 is 0 Å². The molecule has 19 heavy (non-hydrogen) atoms. The van der Waals surface area contributed by atoms with E-state index in [1.54, 1.807) is 25.1 Å². The second-order valence-electron chi connectivity index (χ2n) is 4.97. The van der Waals surface area contributed by atoms with E-state index in [2.05, 4.69) is 4.98 Å². The molecule has 1 heterocycles. The van der Waals surface area contributed by atoms with Crippen LogP contribution in [0.5, 0.6) is 0 Å². The van der Waals surface area contributed by atoms with E-state index in [1.807, 2.05) is 6.07 Å². The van der Waals surface area contributed by atoms with E-state index in [0.29, 0.717) is 18.7 Å². The van der Waals surface area contributed by atoms with E-state index in [0.717, 1.165) is 12.8 Å². The number of anilines is 1. The number of aromatic nitrogens is 1. The minimum Gasteiger partial charge on any atom is -0.363 e. The van der Waals surface area contributed by atoms with E-state index < -0.39 is 9.84 Å². The average Bonchev–Trinajstić information content (AvgIpc) is 2.92. The minimum atomic E-state index is -3.43. The van der Waals surface area contributed by atoms with Gasteiger partial charge in [0.15, 0.2) is 15.5 Å². The van der Waals surface area contributed by atoms with Gasteiger partial charge in [-0.25, -0.2) is 13.4 Å². The van der Waals surface area contributed by atoms with Gasteiger partial charge in [0.25, 0.3) is 0 Å². The quantitative estimate of drug-likeness (QED) is 0.842. The van der Waals surface area contributed by atoms with Crippen molar-refractivity contribution in [3.05, 3.63) is 17.8 Å². The summed E-state index contributed by atoms with van der Waals surface area (Å²) in [5.41, 5.74) is -0.00176. The van der Waals surface area contributed by atoms with Gasteiger partial charge in [-0.05, 0) is 25.0 Å². The number of hydrogen-bond acceptors (Lipinski definition) is 5. The average molecular weight is 279 g/mol. The Bertz CT molecular complexity index is 611. The first kappa shape index (κ1) is 13.8. The van der Waals surface area contributed by atoms with Gasteiger partial charge < -0.3 is 4.90 Å². The third-order valence-corrected chi connectivity index (χ3v) is 5.75. The normalized spacial score (nSPS) is 16.3. The fraction of sp³-hybridized carbons (Fsp3) is 0.538. The van der Waals surface area contributed by atoms with E-state index in [1.165, 1.54) is 6.07 Å². The van der Waals surface area contributed by atoms with Crippen molar-refractivity contribution in [1.82, 2.24) is 4.98 Å². The highest BCUT2D eigenvalue weighted by atomic mass is 32.2. The Morgan fingerprint density at radius 3 is 2.47 bits per heavy atom. The third kappa shape index (κ3) is 2.56. The fourth-order valence-electron chi connectivity index (χ4n) is 2.37. The molecule has 1 saturated carbocycles. The molecule has 102 valence electrons. The zero-order chi connectivity index (χ0) is 14.0. The van der Waals surface area contributed by atoms with Gasteiger partial charge in [0, 0.05) is 14.1 Å². The molecular formula is C13H17N3O2S. The van der Waals surface area contributed by atoms with Crippen LogP contribution < -0.4 is 4.90 Å². The highest BCUT2D eigenvalue weighted by Gasteiger charge is 2.32. The standard InChI is InChI=1S/C13H17N3O2S/c1-16(2)13-8-7-12(11(9-14)15-13)19(17,18)10-5-3-4-6-10/h7-8,10H,3-6H2,1-2H3. The molecule has 5 nitrogen and oxygen atoms in total. The van der Waals surface area contributed by atoms with Gasteiger partial charge in [-0.2, -0.15) is 5.26 Å². The summed E-state index contributed by atoms with van der Waals surface area (Å²) >= 11 is 0. The monoisotopic (exact) mass is 279 g/mol. The van der Waals surface area contributed by atoms with Crippen LogP contribution in [-0.4, -0.2) is 32.7 Å². The van der Waals surface area contributed by atoms with Crippen LogP contribution in [0.2, 0.25) is 0 Å². The van der Waals surface area contributed by atoms with E-state index in [4.69, 9.17) is 5.26 Å². The predicted molar refractivity (Wildman–Crippen MR) is 72.7 cm³/mol. The smallest absolute Gasteiger partial charge is 0.184 e. The fourth-order valence-corrected chi connectivity index (χ4v) is 4.30. The van der Waals surface area contributed by atoms with Crippen molar-refractivity contribution in [2.45, 2.75) is 35.8 Å². The Kier molecular flexibility index (Phi) is 3.76. The van der Waals surface area contributed by atoms with Crippen LogP contribution in [0.3, 0.4) is 0 Å². The first-order valence-corrected chi connectivity index (χ1v) is 7.84. The highest BCUT2D eigenvalue weighted by Crippen LogP contribution is 2.31. The molecule has 0 bridgehead atoms. The summed E-state index contributed by atoms with van der Waals surface area (Å²) in [7, 11) is 0.173. The van der Waals surface area contributed by atoms with Crippen molar-refractivity contribution in [3.63, 3.8) is 0 Å². The molecule has 1 aliphatic carbocycles. The number of rotatable bonds is 3. The molecule has 0 aliphatic heterocycles. The number of sulfone groups is 1. The molecule has 0 saturated heterocycles. The van der Waals surface area contributed by atoms with Crippen LogP contribution in [-0.2, 0) is 9.84 Å². The molecule has 6 heteroatoms. The number of nitriles is 1. The molecule has 1 fully saturated rings. The topological polar surface area (TPSA) is 74.1 Å². The lowest BCUT2D eigenvalue weighted by molar-refractivity contribution is 0.579. The molecule has 0 amide bonds. The van der Waals surface area contributed by atoms with Crippen molar-refractivity contribution in [1.29, 1.82) is 5.26 Å². The van der Waals surface area contributed by atoms with Crippen LogP contribution in [0.1, 0.15) is 31.4 Å². The van der Waals surface area contributed by atoms with E-state index in [9.17, 15) is 8.42 Å². The second kappa shape index (κ2) is 5.17. The maximum Gasteiger partial charge on any atom is 0.184 e. The first-order chi connectivity index (χ1) is 8.96. The summed E-state index contributed by atoms with van der Waals surface area (Å²) in [5.74, 6) is 0.585. The lowest BCUT2D eigenvalue weighted by Gasteiger charge is -2.15. The van der Waals surface area contributed by atoms with Gasteiger partial charge in [-0.15, -0.1) is 0 Å². The second-order valence-corrected chi connectivity index (χ2v) is 7.17. The van der Waals surface area contributed by atoms with Gasteiger partial charge in [-0.1, -0.05) is 12.8 Å². The first-order valence-electron chi connectivity index (χ1n) is 6.29. The Balaban J connectivity index is 2.48. The van der Waals surface area contributed by atoms with Crippen LogP contribution in [0.15, 0.2) is 17.0 Å². The molecule has 0 N–H and O–H groups in total. The molecule has 1 aromatic rings. The Morgan fingerprint density at radius 2 is 1.95 bits per heavy atom. The van der Waals surface area contributed by atoms with Gasteiger partial charge in [0.05, 0.1) is 5.25 Å². The zero-order valence-corrected chi connectivity index (χ0v) is 11.9. The lowest BCUT2D eigenvalue weighted by Crippen LogP contribution is -2.20. The Labute approximate surface area is 113 Å². The summed E-state index contributed by atoms with van der Waals surface area (Å²) in [4.78, 5) is 5.93. The Morgan fingerprint density at radius 1 is 1.32 bits per heavy atom. The molecule has 2 rings (SSSR count). The van der Waals surface area contributed by atoms with Gasteiger partial charge in [0.1, 0.15) is 16.8 Å². The van der Waals surface area contributed by atoms with Crippen LogP contribution in [0, 0.1) is 11.3 Å². The van der Waals surface area contributed by atoms with Crippen molar-refractivity contribution in [2.24, 2.45) is 0 Å². The summed E-state index contributed by atoms with van der Waals surface area (Å²) in [6.45, 7) is 0. The SMILES string of the molecule is CN(C)c1ccc(S(=O)(=O)C2CCCC2)c(C#N)n1. The minimum absolute atomic E-state index is 0.00176. The summed E-state index contributed by atoms with van der Waals surface area (Å²) in [6, 6.07) is 5.05. The molecular weight excluding hydrogens is 262 g/mol. The summed E-state index contributed by atoms with van der Waals surface area (Å²) in [6.07, 6.45) is 3.25. The van der Waals surface area contributed by atoms with Crippen molar-refractivity contribution < 1.29 is 8.42 Å². The molecule has 0 unspecified atom stereocenters. The van der Waals surface area contributed by atoms with Gasteiger partial charge in [0.2, 0.25) is 0 Å². The van der Waals surface area contributed by atoms with Gasteiger partial charge in [-0.3, -0.25) is 0 Å². The van der Waals surface area contributed by atoms with Crippen molar-refractivity contribution in [3.8, 4) is 6.07 Å². The van der Waals surface area contributed by atoms with Crippen LogP contribution >= 0.6 is 0 Å². The number of pyridine rings is 1. The van der Waals surface area contributed by atoms with E-state index in [-0.39, 0.29) is 15.8 Å².